The highest BCUT2D eigenvalue weighted by Crippen LogP contribution is 2.29. The number of carbonyl (C=O) groups excluding carboxylic acids is 2. The van der Waals surface area contributed by atoms with Gasteiger partial charge in [0.05, 0.1) is 23.9 Å². The highest BCUT2D eigenvalue weighted by atomic mass is 19.4. The number of amides is 1. The topological polar surface area (TPSA) is 86.1 Å². The zero-order chi connectivity index (χ0) is 22.6. The highest BCUT2D eigenvalue weighted by molar-refractivity contribution is 6.01. The summed E-state index contributed by atoms with van der Waals surface area (Å²) in [6.07, 6.45) is -0.974. The van der Waals surface area contributed by atoms with Gasteiger partial charge in [0.1, 0.15) is 5.82 Å². The van der Waals surface area contributed by atoms with E-state index in [1.165, 1.54) is 23.9 Å². The highest BCUT2D eigenvalue weighted by Gasteiger charge is 2.30. The van der Waals surface area contributed by atoms with Gasteiger partial charge in [-0.2, -0.15) is 23.0 Å². The van der Waals surface area contributed by atoms with E-state index in [1.807, 2.05) is 0 Å². The van der Waals surface area contributed by atoms with Crippen molar-refractivity contribution in [3.8, 4) is 5.82 Å². The minimum Gasteiger partial charge on any atom is -0.465 e. The van der Waals surface area contributed by atoms with Gasteiger partial charge in [-0.25, -0.2) is 9.78 Å². The number of rotatable bonds is 5. The largest absolute Gasteiger partial charge is 0.465 e. The van der Waals surface area contributed by atoms with Crippen molar-refractivity contribution < 1.29 is 27.5 Å². The fraction of sp³-hybridized carbons (Fsp3) is 0.143. The van der Waals surface area contributed by atoms with E-state index < -0.39 is 23.6 Å². The monoisotopic (exact) mass is 430 g/mol. The molecule has 0 saturated heterocycles. The number of alkyl halides is 3. The van der Waals surface area contributed by atoms with E-state index in [0.717, 1.165) is 6.07 Å². The molecule has 0 aliphatic carbocycles. The van der Waals surface area contributed by atoms with Gasteiger partial charge in [-0.15, -0.1) is 0 Å². The van der Waals surface area contributed by atoms with E-state index >= 15 is 0 Å². The summed E-state index contributed by atoms with van der Waals surface area (Å²) in [5.74, 6) is -0.571. The molecule has 2 aromatic heterocycles. The lowest BCUT2D eigenvalue weighted by Gasteiger charge is -2.09. The lowest BCUT2D eigenvalue weighted by atomic mass is 10.1. The second kappa shape index (κ2) is 8.82. The average molecular weight is 430 g/mol. The maximum absolute atomic E-state index is 12.7. The summed E-state index contributed by atoms with van der Waals surface area (Å²) in [5, 5.41) is 6.79. The number of anilines is 1. The predicted octanol–water partition coefficient (Wildman–Crippen LogP) is 4.03. The van der Waals surface area contributed by atoms with Crippen LogP contribution < -0.4 is 5.32 Å². The molecule has 7 nitrogen and oxygen atoms in total. The van der Waals surface area contributed by atoms with Crippen LogP contribution in [0, 0.1) is 6.92 Å². The molecule has 3 rings (SSSR count). The van der Waals surface area contributed by atoms with Crippen molar-refractivity contribution in [2.24, 2.45) is 0 Å². The molecule has 0 bridgehead atoms. The lowest BCUT2D eigenvalue weighted by Crippen LogP contribution is -2.13. The van der Waals surface area contributed by atoms with Gasteiger partial charge in [0.2, 0.25) is 5.91 Å². The normalized spacial score (nSPS) is 11.5. The Morgan fingerprint density at radius 2 is 1.84 bits per heavy atom. The molecule has 2 heterocycles. The van der Waals surface area contributed by atoms with Gasteiger partial charge >= 0.3 is 12.1 Å². The molecule has 0 aliphatic rings. The molecule has 0 atom stereocenters. The molecule has 1 amide bonds. The first kappa shape index (κ1) is 21.8. The smallest absolute Gasteiger partial charge is 0.417 e. The number of ether oxygens (including phenoxy) is 1. The SMILES string of the molecule is COC(=O)c1ccc(C=CC(=O)Nc2cc(C)nn2-c2ccc(C(F)(F)F)cn2)cc1. The summed E-state index contributed by atoms with van der Waals surface area (Å²) in [4.78, 5) is 27.5. The number of methoxy groups -OCH3 is 1. The summed E-state index contributed by atoms with van der Waals surface area (Å²) in [7, 11) is 1.28. The number of carbonyl (C=O) groups is 2. The average Bonchev–Trinajstić information content (AvgIpc) is 3.11. The quantitative estimate of drug-likeness (QED) is 0.488. The zero-order valence-electron chi connectivity index (χ0n) is 16.5. The maximum Gasteiger partial charge on any atom is 0.417 e. The van der Waals surface area contributed by atoms with E-state index in [9.17, 15) is 22.8 Å². The Morgan fingerprint density at radius 1 is 1.13 bits per heavy atom. The van der Waals surface area contributed by atoms with Crippen LogP contribution in [-0.2, 0) is 15.7 Å². The molecule has 3 aromatic rings. The number of esters is 1. The van der Waals surface area contributed by atoms with Crippen LogP contribution >= 0.6 is 0 Å². The molecule has 0 unspecified atom stereocenters. The van der Waals surface area contributed by atoms with Crippen molar-refractivity contribution >= 4 is 23.8 Å². The minimum absolute atomic E-state index is 0.124. The van der Waals surface area contributed by atoms with Crippen LogP contribution in [0.3, 0.4) is 0 Å². The summed E-state index contributed by atoms with van der Waals surface area (Å²) >= 11 is 0. The molecule has 10 heteroatoms. The van der Waals surface area contributed by atoms with Gasteiger partial charge in [0.15, 0.2) is 5.82 Å². The molecule has 160 valence electrons. The van der Waals surface area contributed by atoms with E-state index in [0.29, 0.717) is 23.0 Å². The van der Waals surface area contributed by atoms with Crippen LogP contribution in [0.2, 0.25) is 0 Å². The van der Waals surface area contributed by atoms with Crippen LogP contribution in [0.1, 0.15) is 27.2 Å². The maximum atomic E-state index is 12.7. The summed E-state index contributed by atoms with van der Waals surface area (Å²) < 4.78 is 44.1. The Balaban J connectivity index is 1.74. The molecule has 0 aliphatic heterocycles. The molecule has 1 aromatic carbocycles. The summed E-state index contributed by atoms with van der Waals surface area (Å²) in [6.45, 7) is 1.68. The number of pyridine rings is 1. The second-order valence-corrected chi connectivity index (χ2v) is 6.42. The lowest BCUT2D eigenvalue weighted by molar-refractivity contribution is -0.137. The molecule has 31 heavy (non-hydrogen) atoms. The molecule has 0 spiro atoms. The molecule has 1 N–H and O–H groups in total. The third kappa shape index (κ3) is 5.35. The predicted molar refractivity (Wildman–Crippen MR) is 107 cm³/mol. The number of aryl methyl sites for hydroxylation is 1. The van der Waals surface area contributed by atoms with Gasteiger partial charge in [-0.1, -0.05) is 12.1 Å². The standard InChI is InChI=1S/C21H17F3N4O3/c1-13-11-18(28(27-13)17-9-8-16(12-25-17)21(22,23)24)26-19(29)10-5-14-3-6-15(7-4-14)20(30)31-2/h3-12H,1-2H3,(H,26,29). The fourth-order valence-electron chi connectivity index (χ4n) is 2.63. The number of aromatic nitrogens is 3. The number of hydrogen-bond acceptors (Lipinski definition) is 5. The van der Waals surface area contributed by atoms with Crippen molar-refractivity contribution in [1.29, 1.82) is 0 Å². The number of benzene rings is 1. The fourth-order valence-corrected chi connectivity index (χ4v) is 2.63. The van der Waals surface area contributed by atoms with Crippen LogP contribution in [0.5, 0.6) is 0 Å². The van der Waals surface area contributed by atoms with Crippen LogP contribution in [-0.4, -0.2) is 33.8 Å². The number of nitrogens with one attached hydrogen (secondary N) is 1. The third-order valence-corrected chi connectivity index (χ3v) is 4.13. The molecule has 0 fully saturated rings. The Hall–Kier alpha value is -3.95. The third-order valence-electron chi connectivity index (χ3n) is 4.13. The van der Waals surface area contributed by atoms with Crippen LogP contribution in [0.4, 0.5) is 19.0 Å². The van der Waals surface area contributed by atoms with E-state index in [1.54, 1.807) is 43.3 Å². The molecular formula is C21H17F3N4O3. The van der Waals surface area contributed by atoms with Crippen molar-refractivity contribution in [1.82, 2.24) is 14.8 Å². The van der Waals surface area contributed by atoms with Crippen molar-refractivity contribution in [3.05, 3.63) is 77.1 Å². The van der Waals surface area contributed by atoms with E-state index in [4.69, 9.17) is 0 Å². The van der Waals surface area contributed by atoms with Crippen LogP contribution in [0.25, 0.3) is 11.9 Å². The first-order valence-electron chi connectivity index (χ1n) is 8.95. The molecule has 0 radical (unpaired) electrons. The van der Waals surface area contributed by atoms with E-state index in [-0.39, 0.29) is 11.6 Å². The number of hydrogen-bond donors (Lipinski definition) is 1. The molecular weight excluding hydrogens is 413 g/mol. The van der Waals surface area contributed by atoms with Gasteiger partial charge in [0.25, 0.3) is 0 Å². The van der Waals surface area contributed by atoms with Gasteiger partial charge in [-0.3, -0.25) is 4.79 Å². The van der Waals surface area contributed by atoms with Crippen LogP contribution in [0.15, 0.2) is 54.7 Å². The van der Waals surface area contributed by atoms with Crippen molar-refractivity contribution in [2.75, 3.05) is 12.4 Å². The van der Waals surface area contributed by atoms with Gasteiger partial charge in [0, 0.05) is 18.3 Å². The second-order valence-electron chi connectivity index (χ2n) is 6.42. The Labute approximate surface area is 175 Å². The van der Waals surface area contributed by atoms with Gasteiger partial charge < -0.3 is 10.1 Å². The first-order valence-corrected chi connectivity index (χ1v) is 8.95. The van der Waals surface area contributed by atoms with Crippen molar-refractivity contribution in [3.63, 3.8) is 0 Å². The first-order chi connectivity index (χ1) is 14.7. The number of nitrogens with zero attached hydrogens (tertiary/aromatic N) is 3. The van der Waals surface area contributed by atoms with E-state index in [2.05, 4.69) is 20.1 Å². The Morgan fingerprint density at radius 3 is 2.42 bits per heavy atom. The number of halogens is 3. The summed E-state index contributed by atoms with van der Waals surface area (Å²) in [6, 6.07) is 10.1. The van der Waals surface area contributed by atoms with Crippen molar-refractivity contribution in [2.45, 2.75) is 13.1 Å². The zero-order valence-corrected chi connectivity index (χ0v) is 16.5. The molecule has 0 saturated carbocycles. The van der Waals surface area contributed by atoms with Gasteiger partial charge in [-0.05, 0) is 42.8 Å². The summed E-state index contributed by atoms with van der Waals surface area (Å²) in [5.41, 5.74) is 0.718. The minimum atomic E-state index is -4.50. The Kier molecular flexibility index (Phi) is 6.19. The Bertz CT molecular complexity index is 1120.